The molecule has 0 atom stereocenters. The number of benzene rings is 1. The number of nitrogens with one attached hydrogen (secondary N) is 1. The van der Waals surface area contributed by atoms with Gasteiger partial charge in [-0.15, -0.1) is 0 Å². The molecular formula is C18H24N2O3S. The molecule has 0 radical (unpaired) electrons. The number of sulfonamides is 1. The quantitative estimate of drug-likeness (QED) is 0.517. The van der Waals surface area contributed by atoms with E-state index in [9.17, 15) is 8.42 Å². The molecule has 0 bridgehead atoms. The van der Waals surface area contributed by atoms with Crippen LogP contribution in [0.25, 0.3) is 6.08 Å². The Balaban J connectivity index is 1.94. The molecule has 1 aromatic rings. The highest BCUT2D eigenvalue weighted by Crippen LogP contribution is 2.22. The molecule has 24 heavy (non-hydrogen) atoms. The number of nitriles is 1. The Morgan fingerprint density at radius 1 is 1.29 bits per heavy atom. The lowest BCUT2D eigenvalue weighted by molar-refractivity contribution is 0.305. The second kappa shape index (κ2) is 8.86. The summed E-state index contributed by atoms with van der Waals surface area (Å²) in [5.74, 6) is 0.751. The lowest BCUT2D eigenvalue weighted by Gasteiger charge is -2.07. The summed E-state index contributed by atoms with van der Waals surface area (Å²) in [5.41, 5.74) is 0.658. The molecule has 1 aliphatic carbocycles. The Labute approximate surface area is 144 Å². The Bertz CT molecular complexity index is 699. The summed E-state index contributed by atoms with van der Waals surface area (Å²) in [6.45, 7) is 2.85. The number of hydrogen-bond acceptors (Lipinski definition) is 4. The van der Waals surface area contributed by atoms with E-state index in [1.807, 2.05) is 0 Å². The summed E-state index contributed by atoms with van der Waals surface area (Å²) in [5, 5.41) is 9.14. The van der Waals surface area contributed by atoms with Crippen molar-refractivity contribution in [3.05, 3.63) is 34.7 Å². The maximum Gasteiger partial charge on any atom is 0.250 e. The van der Waals surface area contributed by atoms with Gasteiger partial charge in [-0.05, 0) is 43.0 Å². The Hall–Kier alpha value is -1.84. The monoisotopic (exact) mass is 348 g/mol. The normalized spacial score (nSPS) is 15.1. The first-order valence-electron chi connectivity index (χ1n) is 8.42. The lowest BCUT2D eigenvalue weighted by Crippen LogP contribution is -2.26. The van der Waals surface area contributed by atoms with Crippen molar-refractivity contribution in [1.82, 2.24) is 4.72 Å². The first-order valence-corrected chi connectivity index (χ1v) is 9.90. The SMILES string of the molecule is CCCCCCOc1ccc(C=C(C#N)S(=O)(=O)NC2CC2)cc1. The average Bonchev–Trinajstić information content (AvgIpc) is 3.36. The molecule has 1 N–H and O–H groups in total. The van der Waals surface area contributed by atoms with Gasteiger partial charge in [-0.2, -0.15) is 5.26 Å². The van der Waals surface area contributed by atoms with Gasteiger partial charge < -0.3 is 4.74 Å². The smallest absolute Gasteiger partial charge is 0.250 e. The molecule has 6 heteroatoms. The largest absolute Gasteiger partial charge is 0.494 e. The fourth-order valence-corrected chi connectivity index (χ4v) is 3.40. The molecular weight excluding hydrogens is 324 g/mol. The van der Waals surface area contributed by atoms with Crippen LogP contribution in [0.4, 0.5) is 0 Å². The molecule has 0 aromatic heterocycles. The van der Waals surface area contributed by atoms with E-state index in [1.54, 1.807) is 30.3 Å². The van der Waals surface area contributed by atoms with Crippen molar-refractivity contribution in [2.24, 2.45) is 0 Å². The molecule has 0 aliphatic heterocycles. The van der Waals surface area contributed by atoms with Crippen LogP contribution in [0.1, 0.15) is 51.0 Å². The second-order valence-electron chi connectivity index (χ2n) is 5.99. The highest BCUT2D eigenvalue weighted by Gasteiger charge is 2.29. The molecule has 0 spiro atoms. The fourth-order valence-electron chi connectivity index (χ4n) is 2.18. The van der Waals surface area contributed by atoms with Crippen molar-refractivity contribution in [2.45, 2.75) is 51.5 Å². The molecule has 0 unspecified atom stereocenters. The predicted molar refractivity (Wildman–Crippen MR) is 94.7 cm³/mol. The molecule has 2 rings (SSSR count). The van der Waals surface area contributed by atoms with Crippen LogP contribution in [0.3, 0.4) is 0 Å². The van der Waals surface area contributed by atoms with Gasteiger partial charge in [-0.25, -0.2) is 13.1 Å². The van der Waals surface area contributed by atoms with Gasteiger partial charge in [0.15, 0.2) is 4.91 Å². The van der Waals surface area contributed by atoms with Crippen LogP contribution in [0.2, 0.25) is 0 Å². The van der Waals surface area contributed by atoms with E-state index in [2.05, 4.69) is 11.6 Å². The van der Waals surface area contributed by atoms with Gasteiger partial charge in [0.2, 0.25) is 0 Å². The van der Waals surface area contributed by atoms with Gasteiger partial charge in [-0.3, -0.25) is 0 Å². The highest BCUT2D eigenvalue weighted by molar-refractivity contribution is 7.93. The van der Waals surface area contributed by atoms with Crippen molar-refractivity contribution in [1.29, 1.82) is 5.26 Å². The summed E-state index contributed by atoms with van der Waals surface area (Å²) in [7, 11) is -3.72. The Morgan fingerprint density at radius 3 is 2.58 bits per heavy atom. The van der Waals surface area contributed by atoms with Crippen LogP contribution < -0.4 is 9.46 Å². The molecule has 1 fully saturated rings. The minimum Gasteiger partial charge on any atom is -0.494 e. The van der Waals surface area contributed by atoms with Crippen molar-refractivity contribution < 1.29 is 13.2 Å². The van der Waals surface area contributed by atoms with Crippen molar-refractivity contribution in [3.63, 3.8) is 0 Å². The molecule has 1 aromatic carbocycles. The van der Waals surface area contributed by atoms with Crippen molar-refractivity contribution in [3.8, 4) is 11.8 Å². The minimum absolute atomic E-state index is 0.0183. The summed E-state index contributed by atoms with van der Waals surface area (Å²) >= 11 is 0. The Kier molecular flexibility index (Phi) is 6.83. The van der Waals surface area contributed by atoms with E-state index in [0.717, 1.165) is 31.4 Å². The lowest BCUT2D eigenvalue weighted by atomic mass is 10.2. The van der Waals surface area contributed by atoms with Gasteiger partial charge in [0.25, 0.3) is 10.0 Å². The first-order chi connectivity index (χ1) is 11.5. The maximum atomic E-state index is 12.1. The summed E-state index contributed by atoms with van der Waals surface area (Å²) < 4.78 is 32.3. The maximum absolute atomic E-state index is 12.1. The van der Waals surface area contributed by atoms with E-state index < -0.39 is 10.0 Å². The third-order valence-corrected chi connectivity index (χ3v) is 5.18. The minimum atomic E-state index is -3.72. The van der Waals surface area contributed by atoms with E-state index in [0.29, 0.717) is 12.2 Å². The van der Waals surface area contributed by atoms with Gasteiger partial charge in [0.05, 0.1) is 6.61 Å². The highest BCUT2D eigenvalue weighted by atomic mass is 32.2. The summed E-state index contributed by atoms with van der Waals surface area (Å²) in [6.07, 6.45) is 7.65. The number of rotatable bonds is 10. The van der Waals surface area contributed by atoms with E-state index in [-0.39, 0.29) is 10.9 Å². The second-order valence-corrected chi connectivity index (χ2v) is 7.68. The van der Waals surface area contributed by atoms with Gasteiger partial charge in [-0.1, -0.05) is 38.3 Å². The van der Waals surface area contributed by atoms with Crippen LogP contribution in [-0.2, 0) is 10.0 Å². The zero-order valence-corrected chi connectivity index (χ0v) is 14.8. The third-order valence-electron chi connectivity index (χ3n) is 3.74. The number of hydrogen-bond donors (Lipinski definition) is 1. The van der Waals surface area contributed by atoms with Crippen LogP contribution in [0.15, 0.2) is 29.2 Å². The zero-order valence-electron chi connectivity index (χ0n) is 14.0. The number of nitrogens with zero attached hydrogens (tertiary/aromatic N) is 1. The topological polar surface area (TPSA) is 79.2 Å². The third kappa shape index (κ3) is 5.99. The molecule has 5 nitrogen and oxygen atoms in total. The first kappa shape index (κ1) is 18.5. The van der Waals surface area contributed by atoms with Crippen LogP contribution >= 0.6 is 0 Å². The number of unbranched alkanes of at least 4 members (excludes halogenated alkanes) is 3. The van der Waals surface area contributed by atoms with Crippen LogP contribution in [-0.4, -0.2) is 21.1 Å². The molecule has 0 heterocycles. The van der Waals surface area contributed by atoms with Crippen LogP contribution in [0.5, 0.6) is 5.75 Å². The van der Waals surface area contributed by atoms with E-state index in [1.165, 1.54) is 18.9 Å². The number of ether oxygens (including phenoxy) is 1. The number of allylic oxidation sites excluding steroid dienone is 1. The standard InChI is InChI=1S/C18H24N2O3S/c1-2-3-4-5-12-23-17-10-6-15(7-11-17)13-18(14-19)24(21,22)20-16-8-9-16/h6-7,10-11,13,16,20H,2-5,8-9,12H2,1H3. The summed E-state index contributed by atoms with van der Waals surface area (Å²) in [4.78, 5) is -0.261. The zero-order chi connectivity index (χ0) is 17.4. The van der Waals surface area contributed by atoms with Crippen LogP contribution in [0, 0.1) is 11.3 Å². The fraction of sp³-hybridized carbons (Fsp3) is 0.500. The van der Waals surface area contributed by atoms with E-state index >= 15 is 0 Å². The van der Waals surface area contributed by atoms with Gasteiger partial charge in [0.1, 0.15) is 11.8 Å². The van der Waals surface area contributed by atoms with Crippen molar-refractivity contribution >= 4 is 16.1 Å². The predicted octanol–water partition coefficient (Wildman–Crippen LogP) is 3.59. The van der Waals surface area contributed by atoms with Gasteiger partial charge in [0, 0.05) is 6.04 Å². The molecule has 0 amide bonds. The van der Waals surface area contributed by atoms with E-state index in [4.69, 9.17) is 10.00 Å². The Morgan fingerprint density at radius 2 is 2.00 bits per heavy atom. The molecule has 130 valence electrons. The van der Waals surface area contributed by atoms with Gasteiger partial charge >= 0.3 is 0 Å². The molecule has 1 aliphatic rings. The molecule has 0 saturated heterocycles. The average molecular weight is 348 g/mol. The van der Waals surface area contributed by atoms with Crippen molar-refractivity contribution in [2.75, 3.05) is 6.61 Å². The summed E-state index contributed by atoms with van der Waals surface area (Å²) in [6, 6.07) is 8.85. The molecule has 1 saturated carbocycles.